The van der Waals surface area contributed by atoms with Crippen molar-refractivity contribution in [2.45, 2.75) is 18.9 Å². The number of nitrogens with zero attached hydrogens (tertiary/aromatic N) is 4. The summed E-state index contributed by atoms with van der Waals surface area (Å²) < 4.78 is 34.3. The average molecular weight is 324 g/mol. The quantitative estimate of drug-likeness (QED) is 0.765. The summed E-state index contributed by atoms with van der Waals surface area (Å²) in [5, 5.41) is 8.72. The SMILES string of the molecule is N#CCN1CCN(S(=O)(=O)N2CCC[C@H]2c2ccco2)CC1. The molecule has 2 aliphatic heterocycles. The van der Waals surface area contributed by atoms with E-state index in [1.165, 1.54) is 4.31 Å². The minimum Gasteiger partial charge on any atom is -0.468 e. The van der Waals surface area contributed by atoms with Crippen LogP contribution in [0, 0.1) is 11.3 Å². The van der Waals surface area contributed by atoms with Crippen LogP contribution in [-0.4, -0.2) is 61.2 Å². The third kappa shape index (κ3) is 2.90. The number of furan rings is 1. The van der Waals surface area contributed by atoms with Gasteiger partial charge in [-0.05, 0) is 25.0 Å². The maximum absolute atomic E-state index is 12.9. The summed E-state index contributed by atoms with van der Waals surface area (Å²) in [5.41, 5.74) is 0. The molecule has 1 aromatic heterocycles. The van der Waals surface area contributed by atoms with E-state index >= 15 is 0 Å². The predicted molar refractivity (Wildman–Crippen MR) is 79.9 cm³/mol. The smallest absolute Gasteiger partial charge is 0.282 e. The second kappa shape index (κ2) is 6.38. The molecule has 0 aliphatic carbocycles. The molecule has 2 aliphatic rings. The number of piperazine rings is 1. The summed E-state index contributed by atoms with van der Waals surface area (Å²) in [5.74, 6) is 0.712. The number of hydrogen-bond acceptors (Lipinski definition) is 5. The molecule has 0 bridgehead atoms. The molecule has 0 saturated carbocycles. The van der Waals surface area contributed by atoms with E-state index in [2.05, 4.69) is 6.07 Å². The molecule has 2 saturated heterocycles. The van der Waals surface area contributed by atoms with Crippen LogP contribution in [0.4, 0.5) is 0 Å². The van der Waals surface area contributed by atoms with Crippen LogP contribution >= 0.6 is 0 Å². The summed E-state index contributed by atoms with van der Waals surface area (Å²) in [6.45, 7) is 2.97. The van der Waals surface area contributed by atoms with E-state index in [9.17, 15) is 8.42 Å². The molecule has 120 valence electrons. The van der Waals surface area contributed by atoms with Gasteiger partial charge in [0.2, 0.25) is 0 Å². The van der Waals surface area contributed by atoms with Crippen LogP contribution in [0.5, 0.6) is 0 Å². The van der Waals surface area contributed by atoms with E-state index in [4.69, 9.17) is 9.68 Å². The number of hydrogen-bond donors (Lipinski definition) is 0. The summed E-state index contributed by atoms with van der Waals surface area (Å²) in [6, 6.07) is 5.54. The van der Waals surface area contributed by atoms with Gasteiger partial charge in [-0.25, -0.2) is 0 Å². The molecule has 0 aromatic carbocycles. The molecule has 2 fully saturated rings. The molecule has 0 amide bonds. The second-order valence-electron chi connectivity index (χ2n) is 5.63. The average Bonchev–Trinajstić information content (AvgIpc) is 3.19. The van der Waals surface area contributed by atoms with Gasteiger partial charge in [-0.3, -0.25) is 4.90 Å². The van der Waals surface area contributed by atoms with E-state index in [1.54, 1.807) is 16.6 Å². The number of nitriles is 1. The molecule has 3 rings (SSSR count). The molecule has 0 radical (unpaired) electrons. The van der Waals surface area contributed by atoms with Crippen molar-refractivity contribution in [3.05, 3.63) is 24.2 Å². The lowest BCUT2D eigenvalue weighted by molar-refractivity contribution is 0.194. The maximum atomic E-state index is 12.9. The zero-order chi connectivity index (χ0) is 15.6. The van der Waals surface area contributed by atoms with Gasteiger partial charge in [-0.15, -0.1) is 0 Å². The Bertz CT molecular complexity index is 630. The van der Waals surface area contributed by atoms with Crippen molar-refractivity contribution < 1.29 is 12.8 Å². The zero-order valence-corrected chi connectivity index (χ0v) is 13.2. The summed E-state index contributed by atoms with van der Waals surface area (Å²) in [6.07, 6.45) is 3.22. The molecule has 22 heavy (non-hydrogen) atoms. The fourth-order valence-corrected chi connectivity index (χ4v) is 4.96. The van der Waals surface area contributed by atoms with Crippen LogP contribution in [0.1, 0.15) is 24.6 Å². The fourth-order valence-electron chi connectivity index (χ4n) is 3.15. The Balaban J connectivity index is 1.72. The van der Waals surface area contributed by atoms with Crippen molar-refractivity contribution in [1.29, 1.82) is 5.26 Å². The van der Waals surface area contributed by atoms with E-state index < -0.39 is 10.2 Å². The third-order valence-corrected chi connectivity index (χ3v) is 6.37. The van der Waals surface area contributed by atoms with Crippen LogP contribution in [0.2, 0.25) is 0 Å². The van der Waals surface area contributed by atoms with Crippen molar-refractivity contribution in [3.63, 3.8) is 0 Å². The highest BCUT2D eigenvalue weighted by molar-refractivity contribution is 7.86. The Kier molecular flexibility index (Phi) is 4.49. The lowest BCUT2D eigenvalue weighted by Crippen LogP contribution is -2.52. The Morgan fingerprint density at radius 3 is 2.68 bits per heavy atom. The molecule has 0 spiro atoms. The summed E-state index contributed by atoms with van der Waals surface area (Å²) in [4.78, 5) is 1.97. The first-order valence-corrected chi connectivity index (χ1v) is 8.92. The minimum atomic E-state index is -3.48. The van der Waals surface area contributed by atoms with Crippen molar-refractivity contribution in [1.82, 2.24) is 13.5 Å². The highest BCUT2D eigenvalue weighted by Gasteiger charge is 2.40. The van der Waals surface area contributed by atoms with Crippen LogP contribution in [0.25, 0.3) is 0 Å². The van der Waals surface area contributed by atoms with Crippen molar-refractivity contribution >= 4 is 10.2 Å². The molecule has 1 aromatic rings. The van der Waals surface area contributed by atoms with E-state index in [0.717, 1.165) is 12.8 Å². The molecular formula is C14H20N4O3S. The topological polar surface area (TPSA) is 80.8 Å². The van der Waals surface area contributed by atoms with Gasteiger partial charge in [0.1, 0.15) is 5.76 Å². The summed E-state index contributed by atoms with van der Waals surface area (Å²) >= 11 is 0. The highest BCUT2D eigenvalue weighted by atomic mass is 32.2. The standard InChI is InChI=1S/C14H20N4O3S/c15-5-7-16-8-10-17(11-9-16)22(19,20)18-6-1-3-13(18)14-4-2-12-21-14/h2,4,12-13H,1,3,6-11H2/t13-/m0/s1. The lowest BCUT2D eigenvalue weighted by atomic mass is 10.2. The predicted octanol–water partition coefficient (Wildman–Crippen LogP) is 0.802. The molecule has 0 unspecified atom stereocenters. The van der Waals surface area contributed by atoms with Crippen LogP contribution < -0.4 is 0 Å². The minimum absolute atomic E-state index is 0.197. The lowest BCUT2D eigenvalue weighted by Gasteiger charge is -2.36. The first-order valence-electron chi connectivity index (χ1n) is 7.52. The van der Waals surface area contributed by atoms with Gasteiger partial charge in [0.05, 0.1) is 24.9 Å². The molecule has 3 heterocycles. The first kappa shape index (κ1) is 15.5. The van der Waals surface area contributed by atoms with Crippen LogP contribution in [-0.2, 0) is 10.2 Å². The normalized spacial score (nSPS) is 25.3. The third-order valence-electron chi connectivity index (χ3n) is 4.32. The maximum Gasteiger partial charge on any atom is 0.282 e. The molecule has 7 nitrogen and oxygen atoms in total. The molecular weight excluding hydrogens is 304 g/mol. The van der Waals surface area contributed by atoms with Gasteiger partial charge < -0.3 is 4.42 Å². The fraction of sp³-hybridized carbons (Fsp3) is 0.643. The van der Waals surface area contributed by atoms with Gasteiger partial charge in [0.15, 0.2) is 0 Å². The highest BCUT2D eigenvalue weighted by Crippen LogP contribution is 2.35. The number of rotatable bonds is 4. The Labute approximate surface area is 130 Å². The Hall–Kier alpha value is -1.40. The summed E-state index contributed by atoms with van der Waals surface area (Å²) in [7, 11) is -3.48. The second-order valence-corrected chi connectivity index (χ2v) is 7.51. The van der Waals surface area contributed by atoms with Gasteiger partial charge in [0.25, 0.3) is 10.2 Å². The van der Waals surface area contributed by atoms with Crippen LogP contribution in [0.15, 0.2) is 22.8 Å². The van der Waals surface area contributed by atoms with Crippen molar-refractivity contribution in [2.75, 3.05) is 39.3 Å². The van der Waals surface area contributed by atoms with Gasteiger partial charge in [-0.2, -0.15) is 22.3 Å². The van der Waals surface area contributed by atoms with E-state index in [-0.39, 0.29) is 6.04 Å². The zero-order valence-electron chi connectivity index (χ0n) is 12.4. The van der Waals surface area contributed by atoms with Gasteiger partial charge in [-0.1, -0.05) is 0 Å². The van der Waals surface area contributed by atoms with Gasteiger partial charge >= 0.3 is 0 Å². The molecule has 1 atom stereocenters. The largest absolute Gasteiger partial charge is 0.468 e. The van der Waals surface area contributed by atoms with Crippen molar-refractivity contribution in [2.24, 2.45) is 0 Å². The Morgan fingerprint density at radius 2 is 2.05 bits per heavy atom. The monoisotopic (exact) mass is 324 g/mol. The molecule has 0 N–H and O–H groups in total. The van der Waals surface area contributed by atoms with E-state index in [0.29, 0.717) is 45.0 Å². The van der Waals surface area contributed by atoms with Gasteiger partial charge in [0, 0.05) is 32.7 Å². The first-order chi connectivity index (χ1) is 10.6. The molecule has 8 heteroatoms. The van der Waals surface area contributed by atoms with Crippen molar-refractivity contribution in [3.8, 4) is 6.07 Å². The van der Waals surface area contributed by atoms with E-state index in [1.807, 2.05) is 11.0 Å². The van der Waals surface area contributed by atoms with Crippen LogP contribution in [0.3, 0.4) is 0 Å². The Morgan fingerprint density at radius 1 is 1.27 bits per heavy atom.